The average molecular weight is 369 g/mol. The van der Waals surface area contributed by atoms with Crippen molar-refractivity contribution in [1.29, 1.82) is 0 Å². The van der Waals surface area contributed by atoms with Crippen LogP contribution in [0.2, 0.25) is 0 Å². The second-order valence-corrected chi connectivity index (χ2v) is 7.40. The lowest BCUT2D eigenvalue weighted by molar-refractivity contribution is 0.0929. The van der Waals surface area contributed by atoms with Crippen LogP contribution in [-0.2, 0) is 0 Å². The van der Waals surface area contributed by atoms with Gasteiger partial charge in [-0.2, -0.15) is 0 Å². The molecule has 2 aromatic heterocycles. The van der Waals surface area contributed by atoms with Crippen LogP contribution >= 0.6 is 11.3 Å². The molecule has 0 aliphatic carbocycles. The maximum absolute atomic E-state index is 13.1. The van der Waals surface area contributed by atoms with Crippen LogP contribution in [0, 0.1) is 0 Å². The zero-order chi connectivity index (χ0) is 18.3. The Kier molecular flexibility index (Phi) is 4.16. The number of benzene rings is 1. The van der Waals surface area contributed by atoms with Crippen LogP contribution < -0.4 is 15.0 Å². The van der Waals surface area contributed by atoms with Gasteiger partial charge >= 0.3 is 0 Å². The van der Waals surface area contributed by atoms with E-state index in [0.717, 1.165) is 17.0 Å². The third kappa shape index (κ3) is 2.74. The summed E-state index contributed by atoms with van der Waals surface area (Å²) in [5, 5.41) is 13.3. The van der Waals surface area contributed by atoms with Crippen LogP contribution in [-0.4, -0.2) is 36.7 Å². The van der Waals surface area contributed by atoms with Gasteiger partial charge in [-0.25, -0.2) is 0 Å². The summed E-state index contributed by atoms with van der Waals surface area (Å²) in [6.45, 7) is 0.567. The number of thiophene rings is 1. The van der Waals surface area contributed by atoms with Gasteiger partial charge in [0.25, 0.3) is 5.91 Å². The van der Waals surface area contributed by atoms with E-state index in [1.165, 1.54) is 17.4 Å². The normalized spacial score (nSPS) is 16.0. The fourth-order valence-corrected chi connectivity index (χ4v) is 4.40. The Morgan fingerprint density at radius 2 is 2.15 bits per heavy atom. The lowest BCUT2D eigenvalue weighted by atomic mass is 10.0. The van der Waals surface area contributed by atoms with Crippen molar-refractivity contribution < 1.29 is 14.6 Å². The third-order valence-electron chi connectivity index (χ3n) is 4.44. The van der Waals surface area contributed by atoms with Gasteiger partial charge in [0.2, 0.25) is 0 Å². The van der Waals surface area contributed by atoms with Gasteiger partial charge in [0.05, 0.1) is 23.0 Å². The number of pyridine rings is 1. The molecule has 7 heteroatoms. The first-order valence-corrected chi connectivity index (χ1v) is 9.18. The summed E-state index contributed by atoms with van der Waals surface area (Å²) in [5.41, 5.74) is 2.34. The highest BCUT2D eigenvalue weighted by Crippen LogP contribution is 2.41. The number of hydrogen-bond acceptors (Lipinski definition) is 6. The van der Waals surface area contributed by atoms with E-state index < -0.39 is 0 Å². The highest BCUT2D eigenvalue weighted by Gasteiger charge is 2.27. The molecule has 0 fully saturated rings. The van der Waals surface area contributed by atoms with Crippen molar-refractivity contribution >= 4 is 33.1 Å². The van der Waals surface area contributed by atoms with Crippen molar-refractivity contribution in [1.82, 2.24) is 10.3 Å². The van der Waals surface area contributed by atoms with Gasteiger partial charge in [0, 0.05) is 32.3 Å². The van der Waals surface area contributed by atoms with Crippen molar-refractivity contribution in [2.45, 2.75) is 12.5 Å². The van der Waals surface area contributed by atoms with Crippen LogP contribution in [0.3, 0.4) is 0 Å². The Morgan fingerprint density at radius 1 is 1.35 bits per heavy atom. The Bertz CT molecular complexity index is 983. The minimum absolute atomic E-state index is 0.103. The fraction of sp³-hybridized carbons (Fsp3) is 0.263. The van der Waals surface area contributed by atoms with Gasteiger partial charge in [-0.15, -0.1) is 11.3 Å². The number of rotatable bonds is 3. The number of carbonyl (C=O) groups excluding carboxylic acids is 1. The van der Waals surface area contributed by atoms with Gasteiger partial charge in [-0.3, -0.25) is 9.78 Å². The van der Waals surface area contributed by atoms with Crippen LogP contribution in [0.4, 0.5) is 5.69 Å². The van der Waals surface area contributed by atoms with Crippen molar-refractivity contribution in [3.05, 3.63) is 47.0 Å². The number of aromatic nitrogens is 1. The minimum Gasteiger partial charge on any atom is -0.506 e. The lowest BCUT2D eigenvalue weighted by Gasteiger charge is -2.26. The van der Waals surface area contributed by atoms with Crippen molar-refractivity contribution in [2.75, 3.05) is 25.6 Å². The summed E-state index contributed by atoms with van der Waals surface area (Å²) < 4.78 is 6.29. The average Bonchev–Trinajstić information content (AvgIpc) is 3.03. The molecule has 0 radical (unpaired) electrons. The number of fused-ring (bicyclic) bond motifs is 2. The van der Waals surface area contributed by atoms with Crippen LogP contribution in [0.15, 0.2) is 36.5 Å². The number of nitrogens with zero attached hydrogens (tertiary/aromatic N) is 2. The zero-order valence-corrected chi connectivity index (χ0v) is 15.3. The second-order valence-electron chi connectivity index (χ2n) is 6.38. The molecule has 0 saturated carbocycles. The van der Waals surface area contributed by atoms with E-state index >= 15 is 0 Å². The summed E-state index contributed by atoms with van der Waals surface area (Å²) in [6.07, 6.45) is 2.27. The molecular weight excluding hydrogens is 350 g/mol. The largest absolute Gasteiger partial charge is 0.506 e. The predicted molar refractivity (Wildman–Crippen MR) is 102 cm³/mol. The number of para-hydroxylation sites is 1. The molecule has 2 N–H and O–H groups in total. The van der Waals surface area contributed by atoms with E-state index in [9.17, 15) is 9.90 Å². The Morgan fingerprint density at radius 3 is 2.96 bits per heavy atom. The zero-order valence-electron chi connectivity index (χ0n) is 14.5. The maximum atomic E-state index is 13.1. The van der Waals surface area contributed by atoms with E-state index in [1.807, 2.05) is 43.3 Å². The number of nitrogens with one attached hydrogen (secondary N) is 1. The molecule has 1 amide bonds. The highest BCUT2D eigenvalue weighted by molar-refractivity contribution is 7.22. The van der Waals surface area contributed by atoms with Crippen molar-refractivity contribution in [2.24, 2.45) is 0 Å². The Labute approximate surface area is 155 Å². The molecule has 134 valence electrons. The molecule has 1 aliphatic heterocycles. The second kappa shape index (κ2) is 6.49. The molecule has 3 heterocycles. The summed E-state index contributed by atoms with van der Waals surface area (Å²) in [5.74, 6) is 0.781. The number of ether oxygens (including phenoxy) is 1. The molecular formula is C19H19N3O3S. The van der Waals surface area contributed by atoms with Crippen molar-refractivity contribution in [3.8, 4) is 11.5 Å². The maximum Gasteiger partial charge on any atom is 0.264 e. The van der Waals surface area contributed by atoms with Gasteiger partial charge < -0.3 is 20.1 Å². The fourth-order valence-electron chi connectivity index (χ4n) is 3.25. The molecule has 0 spiro atoms. The van der Waals surface area contributed by atoms with Crippen LogP contribution in [0.25, 0.3) is 10.2 Å². The predicted octanol–water partition coefficient (Wildman–Crippen LogP) is 3.32. The third-order valence-corrected chi connectivity index (χ3v) is 5.63. The Balaban J connectivity index is 1.72. The molecule has 6 nitrogen and oxygen atoms in total. The standard InChI is InChI=1S/C19H19N3O3S/c1-22(2)16-15-17(13(23)7-9-20-15)26-18(16)19(24)21-12-8-10-25-14-6-4-3-5-11(12)14/h3-7,9,12H,8,10H2,1-2H3,(H,20,23)(H,21,24)/t12-/m0/s1. The smallest absolute Gasteiger partial charge is 0.264 e. The van der Waals surface area contributed by atoms with E-state index in [-0.39, 0.29) is 17.7 Å². The summed E-state index contributed by atoms with van der Waals surface area (Å²) >= 11 is 1.26. The number of hydrogen-bond donors (Lipinski definition) is 2. The molecule has 1 aliphatic rings. The first-order valence-electron chi connectivity index (χ1n) is 8.36. The molecule has 0 unspecified atom stereocenters. The number of aromatic hydroxyl groups is 1. The molecule has 26 heavy (non-hydrogen) atoms. The van der Waals surface area contributed by atoms with Gasteiger partial charge in [-0.05, 0) is 12.1 Å². The van der Waals surface area contributed by atoms with Gasteiger partial charge in [0.1, 0.15) is 21.9 Å². The SMILES string of the molecule is CN(C)c1c(C(=O)N[C@H]2CCOc3ccccc32)sc2c(O)ccnc12. The molecule has 3 aromatic rings. The molecule has 1 aromatic carbocycles. The molecule has 0 bridgehead atoms. The number of amides is 1. The number of anilines is 1. The highest BCUT2D eigenvalue weighted by atomic mass is 32.1. The van der Waals surface area contributed by atoms with E-state index in [4.69, 9.17) is 4.74 Å². The summed E-state index contributed by atoms with van der Waals surface area (Å²) in [4.78, 5) is 19.8. The van der Waals surface area contributed by atoms with Gasteiger partial charge in [0.15, 0.2) is 0 Å². The number of carbonyl (C=O) groups is 1. The first-order chi connectivity index (χ1) is 12.6. The molecule has 0 saturated heterocycles. The van der Waals surface area contributed by atoms with Crippen LogP contribution in [0.5, 0.6) is 11.5 Å². The topological polar surface area (TPSA) is 74.7 Å². The van der Waals surface area contributed by atoms with Crippen molar-refractivity contribution in [3.63, 3.8) is 0 Å². The Hall–Kier alpha value is -2.80. The van der Waals surface area contributed by atoms with E-state index in [1.54, 1.807) is 6.20 Å². The molecule has 4 rings (SSSR count). The summed E-state index contributed by atoms with van der Waals surface area (Å²) in [6, 6.07) is 9.20. The van der Waals surface area contributed by atoms with Crippen LogP contribution in [0.1, 0.15) is 27.7 Å². The van der Waals surface area contributed by atoms with E-state index in [0.29, 0.717) is 28.1 Å². The lowest BCUT2D eigenvalue weighted by Crippen LogP contribution is -2.32. The van der Waals surface area contributed by atoms with E-state index in [2.05, 4.69) is 10.3 Å². The first kappa shape index (κ1) is 16.7. The van der Waals surface area contributed by atoms with Gasteiger partial charge in [-0.1, -0.05) is 18.2 Å². The minimum atomic E-state index is -0.169. The monoisotopic (exact) mass is 369 g/mol. The quantitative estimate of drug-likeness (QED) is 0.741. The molecule has 1 atom stereocenters. The summed E-state index contributed by atoms with van der Waals surface area (Å²) in [7, 11) is 3.74.